The smallest absolute Gasteiger partial charge is 0.104 e. The summed E-state index contributed by atoms with van der Waals surface area (Å²) in [6.45, 7) is 7.20. The van der Waals surface area contributed by atoms with E-state index in [9.17, 15) is 0 Å². The van der Waals surface area contributed by atoms with Gasteiger partial charge >= 0.3 is 0 Å². The molecular formula is C10H13O. The summed E-state index contributed by atoms with van der Waals surface area (Å²) in [6, 6.07) is 4.01. The lowest BCUT2D eigenvalue weighted by Gasteiger charge is -1.92. The van der Waals surface area contributed by atoms with Crippen LogP contribution in [0.25, 0.3) is 0 Å². The number of hydrogen-bond donors (Lipinski definition) is 0. The molecule has 0 fully saturated rings. The summed E-state index contributed by atoms with van der Waals surface area (Å²) in [4.78, 5) is 0. The van der Waals surface area contributed by atoms with Gasteiger partial charge in [0, 0.05) is 6.42 Å². The fraction of sp³-hybridized carbons (Fsp3) is 0.400. The molecule has 0 amide bonds. The average Bonchev–Trinajstić information content (AvgIpc) is 2.37. The van der Waals surface area contributed by atoms with Crippen LogP contribution in [0.2, 0.25) is 0 Å². The Balaban J connectivity index is 2.32. The Hall–Kier alpha value is -0.980. The summed E-state index contributed by atoms with van der Waals surface area (Å²) >= 11 is 0. The third-order valence-corrected chi connectivity index (χ3v) is 1.59. The fourth-order valence-corrected chi connectivity index (χ4v) is 1.01. The minimum Gasteiger partial charge on any atom is -0.466 e. The van der Waals surface area contributed by atoms with Crippen LogP contribution in [0, 0.1) is 13.5 Å². The Labute approximate surface area is 67.7 Å². The molecule has 0 aromatic carbocycles. The molecule has 0 N–H and O–H groups in total. The van der Waals surface area contributed by atoms with Crippen LogP contribution in [0.5, 0.6) is 0 Å². The van der Waals surface area contributed by atoms with Gasteiger partial charge in [0.05, 0.1) is 0 Å². The number of aryl methyl sites for hydroxylation is 2. The lowest BCUT2D eigenvalue weighted by Crippen LogP contribution is -1.79. The highest BCUT2D eigenvalue weighted by molar-refractivity contribution is 5.05. The Morgan fingerprint density at radius 3 is 2.91 bits per heavy atom. The summed E-state index contributed by atoms with van der Waals surface area (Å²) in [5.74, 6) is 2.04. The summed E-state index contributed by atoms with van der Waals surface area (Å²) < 4.78 is 5.38. The van der Waals surface area contributed by atoms with Gasteiger partial charge in [-0.05, 0) is 31.9 Å². The molecule has 0 saturated heterocycles. The SMILES string of the molecule is [CH]=CCCCc1ccc(C)o1. The van der Waals surface area contributed by atoms with Crippen molar-refractivity contribution in [3.63, 3.8) is 0 Å². The summed E-state index contributed by atoms with van der Waals surface area (Å²) in [6.07, 6.45) is 4.71. The van der Waals surface area contributed by atoms with E-state index >= 15 is 0 Å². The highest BCUT2D eigenvalue weighted by Gasteiger charge is 1.96. The summed E-state index contributed by atoms with van der Waals surface area (Å²) in [5, 5.41) is 0. The van der Waals surface area contributed by atoms with Crippen LogP contribution in [-0.2, 0) is 6.42 Å². The van der Waals surface area contributed by atoms with Crippen LogP contribution in [0.1, 0.15) is 24.4 Å². The van der Waals surface area contributed by atoms with Crippen molar-refractivity contribution in [2.75, 3.05) is 0 Å². The average molecular weight is 149 g/mol. The number of unbranched alkanes of at least 4 members (excludes halogenated alkanes) is 1. The zero-order chi connectivity index (χ0) is 8.10. The topological polar surface area (TPSA) is 13.1 Å². The molecule has 0 aliphatic carbocycles. The maximum atomic E-state index is 5.38. The molecule has 1 rings (SSSR count). The van der Waals surface area contributed by atoms with Crippen LogP contribution < -0.4 is 0 Å². The number of furan rings is 1. The van der Waals surface area contributed by atoms with E-state index in [0.717, 1.165) is 30.8 Å². The van der Waals surface area contributed by atoms with Gasteiger partial charge in [0.15, 0.2) is 0 Å². The Morgan fingerprint density at radius 1 is 1.55 bits per heavy atom. The van der Waals surface area contributed by atoms with E-state index in [1.165, 1.54) is 0 Å². The predicted molar refractivity (Wildman–Crippen MR) is 45.3 cm³/mol. The van der Waals surface area contributed by atoms with Crippen molar-refractivity contribution in [3.8, 4) is 0 Å². The second-order valence-corrected chi connectivity index (χ2v) is 2.64. The molecule has 1 heteroatoms. The number of rotatable bonds is 4. The van der Waals surface area contributed by atoms with Crippen molar-refractivity contribution in [2.45, 2.75) is 26.2 Å². The quantitative estimate of drug-likeness (QED) is 0.600. The molecule has 0 saturated carbocycles. The molecule has 0 aliphatic heterocycles. The Bertz CT molecular complexity index is 223. The minimum absolute atomic E-state index is 0.958. The highest BCUT2D eigenvalue weighted by atomic mass is 16.3. The van der Waals surface area contributed by atoms with Gasteiger partial charge in [0.2, 0.25) is 0 Å². The minimum atomic E-state index is 0.958. The van der Waals surface area contributed by atoms with Gasteiger partial charge in [-0.25, -0.2) is 0 Å². The first-order valence-corrected chi connectivity index (χ1v) is 3.91. The second-order valence-electron chi connectivity index (χ2n) is 2.64. The lowest BCUT2D eigenvalue weighted by atomic mass is 10.2. The predicted octanol–water partition coefficient (Wildman–Crippen LogP) is 2.90. The molecule has 1 nitrogen and oxygen atoms in total. The monoisotopic (exact) mass is 149 g/mol. The maximum Gasteiger partial charge on any atom is 0.104 e. The van der Waals surface area contributed by atoms with Gasteiger partial charge < -0.3 is 4.42 Å². The molecule has 1 radical (unpaired) electrons. The zero-order valence-electron chi connectivity index (χ0n) is 6.84. The third kappa shape index (κ3) is 2.62. The molecule has 1 aromatic heterocycles. The second kappa shape index (κ2) is 4.02. The molecular weight excluding hydrogens is 136 g/mol. The van der Waals surface area contributed by atoms with Crippen LogP contribution in [0.4, 0.5) is 0 Å². The van der Waals surface area contributed by atoms with Gasteiger partial charge in [-0.1, -0.05) is 12.7 Å². The largest absolute Gasteiger partial charge is 0.466 e. The standard InChI is InChI=1S/C10H13O/c1-3-4-5-6-10-8-7-9(2)11-10/h1,3,7-8H,4-6H2,2H3. The van der Waals surface area contributed by atoms with E-state index in [0.29, 0.717) is 0 Å². The molecule has 1 heterocycles. The van der Waals surface area contributed by atoms with E-state index in [4.69, 9.17) is 11.0 Å². The van der Waals surface area contributed by atoms with Crippen LogP contribution in [0.15, 0.2) is 22.6 Å². The van der Waals surface area contributed by atoms with Gasteiger partial charge in [0.1, 0.15) is 11.5 Å². The van der Waals surface area contributed by atoms with E-state index in [1.807, 2.05) is 19.1 Å². The zero-order valence-corrected chi connectivity index (χ0v) is 6.84. The fourth-order valence-electron chi connectivity index (χ4n) is 1.01. The van der Waals surface area contributed by atoms with Crippen LogP contribution in [-0.4, -0.2) is 0 Å². The summed E-state index contributed by atoms with van der Waals surface area (Å²) in [5.41, 5.74) is 0. The van der Waals surface area contributed by atoms with Gasteiger partial charge in [-0.2, -0.15) is 0 Å². The van der Waals surface area contributed by atoms with Crippen molar-refractivity contribution in [1.29, 1.82) is 0 Å². The number of hydrogen-bond acceptors (Lipinski definition) is 1. The van der Waals surface area contributed by atoms with Crippen LogP contribution >= 0.6 is 0 Å². The molecule has 0 spiro atoms. The molecule has 11 heavy (non-hydrogen) atoms. The first kappa shape index (κ1) is 8.12. The van der Waals surface area contributed by atoms with E-state index in [1.54, 1.807) is 6.08 Å². The van der Waals surface area contributed by atoms with E-state index < -0.39 is 0 Å². The van der Waals surface area contributed by atoms with Crippen LogP contribution in [0.3, 0.4) is 0 Å². The first-order valence-electron chi connectivity index (χ1n) is 3.91. The van der Waals surface area contributed by atoms with Gasteiger partial charge in [0.25, 0.3) is 0 Å². The maximum absolute atomic E-state index is 5.38. The van der Waals surface area contributed by atoms with Crippen molar-refractivity contribution < 1.29 is 4.42 Å². The summed E-state index contributed by atoms with van der Waals surface area (Å²) in [7, 11) is 0. The molecule has 1 aromatic rings. The Kier molecular flexibility index (Phi) is 2.96. The van der Waals surface area contributed by atoms with E-state index in [2.05, 4.69) is 0 Å². The Morgan fingerprint density at radius 2 is 2.36 bits per heavy atom. The van der Waals surface area contributed by atoms with Crippen molar-refractivity contribution >= 4 is 0 Å². The molecule has 0 bridgehead atoms. The van der Waals surface area contributed by atoms with Gasteiger partial charge in [-0.3, -0.25) is 0 Å². The van der Waals surface area contributed by atoms with Crippen molar-refractivity contribution in [2.24, 2.45) is 0 Å². The highest BCUT2D eigenvalue weighted by Crippen LogP contribution is 2.09. The van der Waals surface area contributed by atoms with Crippen molar-refractivity contribution in [3.05, 3.63) is 36.3 Å². The molecule has 59 valence electrons. The first-order chi connectivity index (χ1) is 5.33. The van der Waals surface area contributed by atoms with Crippen molar-refractivity contribution in [1.82, 2.24) is 0 Å². The number of allylic oxidation sites excluding steroid dienone is 1. The molecule has 0 unspecified atom stereocenters. The lowest BCUT2D eigenvalue weighted by molar-refractivity contribution is 0.478. The molecule has 0 aliphatic rings. The normalized spacial score (nSPS) is 9.91. The van der Waals surface area contributed by atoms with E-state index in [-0.39, 0.29) is 0 Å². The third-order valence-electron chi connectivity index (χ3n) is 1.59. The molecule has 0 atom stereocenters. The van der Waals surface area contributed by atoms with Gasteiger partial charge in [-0.15, -0.1) is 0 Å².